The van der Waals surface area contributed by atoms with Crippen LogP contribution in [0.25, 0.3) is 0 Å². The van der Waals surface area contributed by atoms with Crippen LogP contribution in [0, 0.1) is 0 Å². The molecule has 44 heavy (non-hydrogen) atoms. The molecule has 13 heteroatoms. The third-order valence-electron chi connectivity index (χ3n) is 8.41. The Kier molecular flexibility index (Phi) is 19.6. The van der Waals surface area contributed by atoms with Gasteiger partial charge in [-0.05, 0) is 12.8 Å². The monoisotopic (exact) mass is 637 g/mol. The summed E-state index contributed by atoms with van der Waals surface area (Å²) in [5, 5.41) is 70.9. The lowest BCUT2D eigenvalue weighted by molar-refractivity contribution is -0.359. The van der Waals surface area contributed by atoms with Crippen molar-refractivity contribution in [2.45, 2.75) is 158 Å². The minimum Gasteiger partial charge on any atom is -0.394 e. The lowest BCUT2D eigenvalue weighted by Crippen LogP contribution is -2.64. The first kappa shape index (κ1) is 39.4. The lowest BCUT2D eigenvalue weighted by atomic mass is 9.97. The third-order valence-corrected chi connectivity index (χ3v) is 8.41. The van der Waals surface area contributed by atoms with E-state index in [-0.39, 0.29) is 6.61 Å². The summed E-state index contributed by atoms with van der Waals surface area (Å²) in [6.07, 6.45) is 3.37. The van der Waals surface area contributed by atoms with Crippen LogP contribution in [0.4, 0.5) is 0 Å². The maximum atomic E-state index is 10.8. The summed E-state index contributed by atoms with van der Waals surface area (Å²) in [5.41, 5.74) is 6.27. The summed E-state index contributed by atoms with van der Waals surface area (Å²) >= 11 is 0. The second-order valence-corrected chi connectivity index (χ2v) is 12.0. The Balaban J connectivity index is 1.74. The number of methoxy groups -OCH3 is 1. The zero-order valence-corrected chi connectivity index (χ0v) is 26.4. The van der Waals surface area contributed by atoms with Crippen LogP contribution in [0.3, 0.4) is 0 Å². The van der Waals surface area contributed by atoms with Crippen molar-refractivity contribution in [3.05, 3.63) is 12.2 Å². The lowest BCUT2D eigenvalue weighted by Gasteiger charge is -2.46. The highest BCUT2D eigenvalue weighted by molar-refractivity contribution is 4.96. The SMILES string of the molecule is CCCCCCCCCCCCC/C=C/[C@H](OC)[C@@H](N)CO[C@@H]1OC(CO)[C@@H](O[C@@H]2OC(CO)[C@H](O)C(O)[C@@H]2O)C(O)[C@@H]1O. The quantitative estimate of drug-likeness (QED) is 0.0590. The molecule has 0 spiro atoms. The number of hydrogen-bond donors (Lipinski definition) is 8. The summed E-state index contributed by atoms with van der Waals surface area (Å²) in [7, 11) is 1.54. The second kappa shape index (κ2) is 21.9. The van der Waals surface area contributed by atoms with E-state index in [1.165, 1.54) is 71.3 Å². The first-order valence-electron chi connectivity index (χ1n) is 16.3. The van der Waals surface area contributed by atoms with Crippen molar-refractivity contribution in [1.29, 1.82) is 0 Å². The number of rotatable bonds is 22. The Labute approximate surface area is 261 Å². The number of aliphatic hydroxyl groups excluding tert-OH is 7. The average molecular weight is 638 g/mol. The van der Waals surface area contributed by atoms with E-state index in [2.05, 4.69) is 6.92 Å². The topological polar surface area (TPSA) is 214 Å². The van der Waals surface area contributed by atoms with Crippen LogP contribution in [0.15, 0.2) is 12.2 Å². The van der Waals surface area contributed by atoms with Crippen molar-refractivity contribution in [3.63, 3.8) is 0 Å². The van der Waals surface area contributed by atoms with Gasteiger partial charge in [-0.1, -0.05) is 83.3 Å². The number of hydrogen-bond acceptors (Lipinski definition) is 13. The molecule has 2 fully saturated rings. The minimum atomic E-state index is -1.74. The van der Waals surface area contributed by atoms with Crippen LogP contribution < -0.4 is 5.73 Å². The number of allylic oxidation sites excluding steroid dienone is 1. The highest BCUT2D eigenvalue weighted by Crippen LogP contribution is 2.29. The van der Waals surface area contributed by atoms with Crippen LogP contribution in [-0.4, -0.2) is 136 Å². The molecule has 0 aromatic carbocycles. The summed E-state index contributed by atoms with van der Waals surface area (Å²) < 4.78 is 27.7. The van der Waals surface area contributed by atoms with Gasteiger partial charge in [-0.2, -0.15) is 0 Å². The molecule has 0 radical (unpaired) electrons. The van der Waals surface area contributed by atoms with Gasteiger partial charge in [-0.15, -0.1) is 0 Å². The zero-order valence-electron chi connectivity index (χ0n) is 26.4. The maximum absolute atomic E-state index is 10.8. The van der Waals surface area contributed by atoms with Crippen LogP contribution in [0.5, 0.6) is 0 Å². The number of unbranched alkanes of at least 4 members (excludes halogenated alkanes) is 11. The van der Waals surface area contributed by atoms with Gasteiger partial charge in [0.05, 0.1) is 32.0 Å². The Morgan fingerprint density at radius 1 is 0.705 bits per heavy atom. The molecule has 4 unspecified atom stereocenters. The van der Waals surface area contributed by atoms with Crippen molar-refractivity contribution >= 4 is 0 Å². The van der Waals surface area contributed by atoms with Gasteiger partial charge in [-0.3, -0.25) is 0 Å². The summed E-state index contributed by atoms with van der Waals surface area (Å²) in [4.78, 5) is 0. The fourth-order valence-electron chi connectivity index (χ4n) is 5.55. The second-order valence-electron chi connectivity index (χ2n) is 12.0. The first-order chi connectivity index (χ1) is 21.2. The summed E-state index contributed by atoms with van der Waals surface area (Å²) in [6, 6.07) is -0.614. The molecule has 2 saturated heterocycles. The third kappa shape index (κ3) is 12.4. The largest absolute Gasteiger partial charge is 0.394 e. The molecular formula is C31H59NO12. The molecule has 2 aliphatic rings. The molecule has 260 valence electrons. The van der Waals surface area contributed by atoms with Crippen molar-refractivity contribution < 1.29 is 59.4 Å². The predicted molar refractivity (Wildman–Crippen MR) is 161 cm³/mol. The van der Waals surface area contributed by atoms with E-state index in [9.17, 15) is 35.7 Å². The van der Waals surface area contributed by atoms with E-state index < -0.39 is 86.8 Å². The number of nitrogens with two attached hydrogens (primary N) is 1. The molecule has 0 bridgehead atoms. The molecule has 2 aliphatic heterocycles. The highest BCUT2D eigenvalue weighted by atomic mass is 16.7. The molecule has 12 atom stereocenters. The van der Waals surface area contributed by atoms with Crippen molar-refractivity contribution in [1.82, 2.24) is 0 Å². The molecule has 0 aromatic rings. The van der Waals surface area contributed by atoms with E-state index in [4.69, 9.17) is 29.4 Å². The fraction of sp³-hybridized carbons (Fsp3) is 0.935. The summed E-state index contributed by atoms with van der Waals surface area (Å²) in [5.74, 6) is 0. The number of ether oxygens (including phenoxy) is 5. The van der Waals surface area contributed by atoms with E-state index in [1.54, 1.807) is 0 Å². The molecule has 0 amide bonds. The molecule has 9 N–H and O–H groups in total. The number of aliphatic hydroxyl groups is 7. The van der Waals surface area contributed by atoms with E-state index in [0.717, 1.165) is 12.8 Å². The molecule has 0 aromatic heterocycles. The van der Waals surface area contributed by atoms with Crippen molar-refractivity contribution in [2.75, 3.05) is 26.9 Å². The Bertz CT molecular complexity index is 759. The standard InChI is InChI=1S/C31H59NO12/c1-3-4-5-6-7-8-9-10-11-12-13-14-15-16-21(40-2)20(32)19-41-30-28(39)26(37)29(23(18-34)43-30)44-31-27(38)25(36)24(35)22(17-33)42-31/h15-16,20-31,33-39H,3-14,17-19,32H2,1-2H3/b16-15+/t20-,21-,22?,23?,24-,25?,26?,27-,28-,29+,30+,31-/m0/s1. The van der Waals surface area contributed by atoms with E-state index in [1.807, 2.05) is 12.2 Å². The van der Waals surface area contributed by atoms with Gasteiger partial charge in [-0.25, -0.2) is 0 Å². The van der Waals surface area contributed by atoms with Crippen LogP contribution >= 0.6 is 0 Å². The van der Waals surface area contributed by atoms with Crippen molar-refractivity contribution in [2.24, 2.45) is 5.73 Å². The summed E-state index contributed by atoms with van der Waals surface area (Å²) in [6.45, 7) is 0.822. The molecule has 2 heterocycles. The molecule has 13 nitrogen and oxygen atoms in total. The minimum absolute atomic E-state index is 0.0911. The van der Waals surface area contributed by atoms with Gasteiger partial charge in [0.2, 0.25) is 0 Å². The fourth-order valence-corrected chi connectivity index (χ4v) is 5.55. The maximum Gasteiger partial charge on any atom is 0.187 e. The smallest absolute Gasteiger partial charge is 0.187 e. The average Bonchev–Trinajstić information content (AvgIpc) is 3.03. The Morgan fingerprint density at radius 2 is 1.25 bits per heavy atom. The van der Waals surface area contributed by atoms with E-state index >= 15 is 0 Å². The normalized spacial score (nSPS) is 34.4. The van der Waals surface area contributed by atoms with Gasteiger partial charge >= 0.3 is 0 Å². The van der Waals surface area contributed by atoms with Crippen LogP contribution in [-0.2, 0) is 23.7 Å². The van der Waals surface area contributed by atoms with Crippen LogP contribution in [0.2, 0.25) is 0 Å². The van der Waals surface area contributed by atoms with Gasteiger partial charge in [0.15, 0.2) is 12.6 Å². The molecule has 0 aliphatic carbocycles. The zero-order chi connectivity index (χ0) is 32.5. The van der Waals surface area contributed by atoms with Gasteiger partial charge in [0, 0.05) is 7.11 Å². The van der Waals surface area contributed by atoms with Gasteiger partial charge in [0.25, 0.3) is 0 Å². The van der Waals surface area contributed by atoms with Gasteiger partial charge in [0.1, 0.15) is 48.8 Å². The highest BCUT2D eigenvalue weighted by Gasteiger charge is 2.50. The predicted octanol–water partition coefficient (Wildman–Crippen LogP) is 0.227. The molecular weight excluding hydrogens is 578 g/mol. The van der Waals surface area contributed by atoms with Crippen molar-refractivity contribution in [3.8, 4) is 0 Å². The molecule has 0 saturated carbocycles. The van der Waals surface area contributed by atoms with Gasteiger partial charge < -0.3 is 65.2 Å². The Hall–Kier alpha value is -0.780. The Morgan fingerprint density at radius 3 is 1.82 bits per heavy atom. The van der Waals surface area contributed by atoms with Crippen LogP contribution in [0.1, 0.15) is 84.0 Å². The van der Waals surface area contributed by atoms with E-state index in [0.29, 0.717) is 0 Å². The first-order valence-corrected chi connectivity index (χ1v) is 16.3. The molecule has 2 rings (SSSR count).